The number of aryl methyl sites for hydroxylation is 1. The quantitative estimate of drug-likeness (QED) is 0.242. The molecular formula is C30H25N3O5S. The maximum absolute atomic E-state index is 13.2. The van der Waals surface area contributed by atoms with E-state index < -0.39 is 5.97 Å². The molecule has 1 saturated heterocycles. The third-order valence-electron chi connectivity index (χ3n) is 6.47. The van der Waals surface area contributed by atoms with Crippen LogP contribution in [0.3, 0.4) is 0 Å². The van der Waals surface area contributed by atoms with Gasteiger partial charge in [-0.1, -0.05) is 42.5 Å². The van der Waals surface area contributed by atoms with Crippen molar-refractivity contribution < 1.29 is 23.9 Å². The number of thioether (sulfide) groups is 1. The van der Waals surface area contributed by atoms with Crippen LogP contribution in [-0.2, 0) is 27.4 Å². The minimum absolute atomic E-state index is 0.0296. The monoisotopic (exact) mass is 539 g/mol. The molecule has 0 atom stereocenters. The van der Waals surface area contributed by atoms with Crippen LogP contribution in [0.1, 0.15) is 27.0 Å². The lowest BCUT2D eigenvalue weighted by Gasteiger charge is -2.14. The Balaban J connectivity index is 1.35. The number of hydrogen-bond acceptors (Lipinski definition) is 6. The van der Waals surface area contributed by atoms with E-state index in [1.54, 1.807) is 41.1 Å². The maximum atomic E-state index is 13.2. The van der Waals surface area contributed by atoms with Crippen molar-refractivity contribution in [2.75, 3.05) is 12.4 Å². The molecule has 3 aromatic carbocycles. The predicted molar refractivity (Wildman–Crippen MR) is 151 cm³/mol. The summed E-state index contributed by atoms with van der Waals surface area (Å²) >= 11 is 0.917. The number of amides is 3. The molecule has 0 aliphatic carbocycles. The van der Waals surface area contributed by atoms with Gasteiger partial charge in [-0.2, -0.15) is 0 Å². The average molecular weight is 540 g/mol. The lowest BCUT2D eigenvalue weighted by Crippen LogP contribution is -2.27. The van der Waals surface area contributed by atoms with E-state index in [1.807, 2.05) is 55.5 Å². The van der Waals surface area contributed by atoms with Gasteiger partial charge in [0.25, 0.3) is 11.1 Å². The van der Waals surface area contributed by atoms with Crippen molar-refractivity contribution in [3.8, 4) is 0 Å². The Bertz CT molecular complexity index is 1640. The SMILES string of the molecule is COC(=O)c1ccc(NC(=O)Cn2cc(/C=C3\SC(=O)N(Cc4ccccc4C)C3=O)c3ccccc32)cc1. The first-order chi connectivity index (χ1) is 18.8. The minimum Gasteiger partial charge on any atom is -0.465 e. The topological polar surface area (TPSA) is 97.7 Å². The van der Waals surface area contributed by atoms with Crippen molar-refractivity contribution >= 4 is 57.5 Å². The largest absolute Gasteiger partial charge is 0.465 e. The molecule has 3 amide bonds. The molecule has 1 N–H and O–H groups in total. The Kier molecular flexibility index (Phi) is 7.33. The number of benzene rings is 3. The lowest BCUT2D eigenvalue weighted by molar-refractivity contribution is -0.123. The number of imide groups is 1. The van der Waals surface area contributed by atoms with E-state index in [1.165, 1.54) is 12.0 Å². The molecule has 5 rings (SSSR count). The van der Waals surface area contributed by atoms with Crippen LogP contribution in [0.4, 0.5) is 10.5 Å². The number of aromatic nitrogens is 1. The Hall–Kier alpha value is -4.63. The molecule has 9 heteroatoms. The van der Waals surface area contributed by atoms with Gasteiger partial charge >= 0.3 is 5.97 Å². The molecule has 4 aromatic rings. The van der Waals surface area contributed by atoms with E-state index in [9.17, 15) is 19.2 Å². The Morgan fingerprint density at radius 1 is 0.974 bits per heavy atom. The summed E-state index contributed by atoms with van der Waals surface area (Å²) in [6.07, 6.45) is 3.52. The normalized spacial score (nSPS) is 14.3. The van der Waals surface area contributed by atoms with Crippen LogP contribution in [0.5, 0.6) is 0 Å². The number of fused-ring (bicyclic) bond motifs is 1. The van der Waals surface area contributed by atoms with Crippen molar-refractivity contribution in [3.05, 3.63) is 106 Å². The third-order valence-corrected chi connectivity index (χ3v) is 7.38. The van der Waals surface area contributed by atoms with E-state index in [2.05, 4.69) is 5.32 Å². The van der Waals surface area contributed by atoms with Crippen LogP contribution < -0.4 is 5.32 Å². The molecular weight excluding hydrogens is 514 g/mol. The number of carbonyl (C=O) groups is 4. The molecule has 0 spiro atoms. The summed E-state index contributed by atoms with van der Waals surface area (Å²) in [7, 11) is 1.31. The number of anilines is 1. The Morgan fingerprint density at radius 2 is 1.69 bits per heavy atom. The van der Waals surface area contributed by atoms with Gasteiger partial charge in [0.1, 0.15) is 6.54 Å². The number of ether oxygens (including phenoxy) is 1. The van der Waals surface area contributed by atoms with E-state index in [-0.39, 0.29) is 30.1 Å². The van der Waals surface area contributed by atoms with Crippen LogP contribution in [0.2, 0.25) is 0 Å². The highest BCUT2D eigenvalue weighted by Crippen LogP contribution is 2.35. The summed E-state index contributed by atoms with van der Waals surface area (Å²) in [4.78, 5) is 51.9. The van der Waals surface area contributed by atoms with Crippen molar-refractivity contribution in [1.29, 1.82) is 0 Å². The summed E-state index contributed by atoms with van der Waals surface area (Å²) in [6, 6.07) is 21.7. The molecule has 1 aliphatic rings. The zero-order chi connectivity index (χ0) is 27.5. The van der Waals surface area contributed by atoms with Gasteiger partial charge in [0, 0.05) is 28.4 Å². The molecule has 0 unspecified atom stereocenters. The second-order valence-electron chi connectivity index (χ2n) is 9.04. The van der Waals surface area contributed by atoms with E-state index in [0.29, 0.717) is 16.2 Å². The summed E-state index contributed by atoms with van der Waals surface area (Å²) in [6.45, 7) is 2.20. The Labute approximate surface area is 229 Å². The van der Waals surface area contributed by atoms with Crippen LogP contribution in [0.15, 0.2) is 83.9 Å². The molecule has 1 aromatic heterocycles. The second-order valence-corrected chi connectivity index (χ2v) is 10.0. The van der Waals surface area contributed by atoms with Crippen LogP contribution in [0.25, 0.3) is 17.0 Å². The lowest BCUT2D eigenvalue weighted by atomic mass is 10.1. The van der Waals surface area contributed by atoms with Gasteiger partial charge in [-0.25, -0.2) is 4.79 Å². The maximum Gasteiger partial charge on any atom is 0.337 e. The van der Waals surface area contributed by atoms with Gasteiger partial charge in [0.2, 0.25) is 5.91 Å². The van der Waals surface area contributed by atoms with E-state index >= 15 is 0 Å². The fraction of sp³-hybridized carbons (Fsp3) is 0.133. The molecule has 196 valence electrons. The van der Waals surface area contributed by atoms with E-state index in [0.717, 1.165) is 39.4 Å². The fourth-order valence-electron chi connectivity index (χ4n) is 4.42. The highest BCUT2D eigenvalue weighted by Gasteiger charge is 2.35. The molecule has 2 heterocycles. The Morgan fingerprint density at radius 3 is 2.44 bits per heavy atom. The summed E-state index contributed by atoms with van der Waals surface area (Å²) in [5.41, 5.74) is 4.43. The first kappa shape index (κ1) is 26.0. The van der Waals surface area contributed by atoms with Crippen LogP contribution >= 0.6 is 11.8 Å². The molecule has 39 heavy (non-hydrogen) atoms. The molecule has 8 nitrogen and oxygen atoms in total. The number of esters is 1. The number of carbonyl (C=O) groups excluding carboxylic acids is 4. The van der Waals surface area contributed by atoms with Gasteiger partial charge in [0.15, 0.2) is 0 Å². The first-order valence-corrected chi connectivity index (χ1v) is 13.0. The zero-order valence-electron chi connectivity index (χ0n) is 21.3. The second kappa shape index (κ2) is 11.0. The number of nitrogens with zero attached hydrogens (tertiary/aromatic N) is 2. The van der Waals surface area contributed by atoms with Crippen molar-refractivity contribution in [2.45, 2.75) is 20.0 Å². The molecule has 0 bridgehead atoms. The molecule has 0 saturated carbocycles. The third kappa shape index (κ3) is 5.49. The number of nitrogens with one attached hydrogen (secondary N) is 1. The number of para-hydroxylation sites is 1. The summed E-state index contributed by atoms with van der Waals surface area (Å²) in [5, 5.41) is 3.38. The predicted octanol–water partition coefficient (Wildman–Crippen LogP) is 5.61. The van der Waals surface area contributed by atoms with Crippen LogP contribution in [-0.4, -0.2) is 39.6 Å². The first-order valence-electron chi connectivity index (χ1n) is 12.2. The molecule has 1 fully saturated rings. The van der Waals surface area contributed by atoms with Crippen molar-refractivity contribution in [2.24, 2.45) is 0 Å². The fourth-order valence-corrected chi connectivity index (χ4v) is 5.25. The smallest absolute Gasteiger partial charge is 0.337 e. The van der Waals surface area contributed by atoms with Gasteiger partial charge in [-0.15, -0.1) is 0 Å². The number of rotatable bonds is 7. The average Bonchev–Trinajstić information content (AvgIpc) is 3.41. The zero-order valence-corrected chi connectivity index (χ0v) is 22.2. The van der Waals surface area contributed by atoms with Crippen molar-refractivity contribution in [3.63, 3.8) is 0 Å². The van der Waals surface area contributed by atoms with Gasteiger partial charge in [-0.05, 0) is 66.2 Å². The number of hydrogen-bond donors (Lipinski definition) is 1. The van der Waals surface area contributed by atoms with E-state index in [4.69, 9.17) is 4.74 Å². The van der Waals surface area contributed by atoms with Gasteiger partial charge in [0.05, 0.1) is 24.1 Å². The van der Waals surface area contributed by atoms with Gasteiger partial charge in [-0.3, -0.25) is 19.3 Å². The highest BCUT2D eigenvalue weighted by molar-refractivity contribution is 8.18. The van der Waals surface area contributed by atoms with Crippen LogP contribution in [0, 0.1) is 6.92 Å². The molecule has 1 aliphatic heterocycles. The van der Waals surface area contributed by atoms with Crippen molar-refractivity contribution in [1.82, 2.24) is 9.47 Å². The summed E-state index contributed by atoms with van der Waals surface area (Å²) < 4.78 is 6.50. The minimum atomic E-state index is -0.452. The standard InChI is InChI=1S/C30H25N3O5S/c1-19-7-3-4-8-21(19)17-33-28(35)26(39-30(33)37)15-22-16-32(25-10-6-5-9-24(22)25)18-27(34)31-23-13-11-20(12-14-23)29(36)38-2/h3-16H,17-18H2,1-2H3,(H,31,34)/b26-15-. The number of methoxy groups -OCH3 is 1. The highest BCUT2D eigenvalue weighted by atomic mass is 32.2. The molecule has 0 radical (unpaired) electrons. The summed E-state index contributed by atoms with van der Waals surface area (Å²) in [5.74, 6) is -1.04. The van der Waals surface area contributed by atoms with Gasteiger partial charge < -0.3 is 14.6 Å².